The molecule has 3 aromatic rings. The molecule has 0 aliphatic carbocycles. The molecule has 10 heteroatoms. The standard InChI is InChI=1S/C18H17N5O4S/c1-10-14(22-23(21-10)12-6-4-3-5-7-12)18(26)27-11(2)16(25)20-17-13(15(19)24)8-9-28-17/h3-9,11H,1-2H3,(H2,19,24)(H,20,25). The van der Waals surface area contributed by atoms with Crippen molar-refractivity contribution >= 4 is 34.1 Å². The van der Waals surface area contributed by atoms with Crippen molar-refractivity contribution in [2.45, 2.75) is 20.0 Å². The number of aryl methyl sites for hydroxylation is 1. The Morgan fingerprint density at radius 1 is 1.18 bits per heavy atom. The van der Waals surface area contributed by atoms with E-state index in [4.69, 9.17) is 10.5 Å². The molecule has 0 fully saturated rings. The van der Waals surface area contributed by atoms with Crippen molar-refractivity contribution < 1.29 is 19.1 Å². The van der Waals surface area contributed by atoms with Gasteiger partial charge in [0.15, 0.2) is 11.8 Å². The van der Waals surface area contributed by atoms with Crippen LogP contribution in [0.1, 0.15) is 33.5 Å². The summed E-state index contributed by atoms with van der Waals surface area (Å²) in [5.41, 5.74) is 6.51. The number of nitrogens with zero attached hydrogens (tertiary/aromatic N) is 3. The van der Waals surface area contributed by atoms with E-state index in [9.17, 15) is 14.4 Å². The van der Waals surface area contributed by atoms with Gasteiger partial charge >= 0.3 is 5.97 Å². The maximum absolute atomic E-state index is 12.4. The molecule has 0 saturated heterocycles. The summed E-state index contributed by atoms with van der Waals surface area (Å²) < 4.78 is 5.20. The van der Waals surface area contributed by atoms with Crippen LogP contribution in [0.2, 0.25) is 0 Å². The minimum Gasteiger partial charge on any atom is -0.448 e. The molecule has 1 aromatic carbocycles. The van der Waals surface area contributed by atoms with Gasteiger partial charge in [0.2, 0.25) is 0 Å². The van der Waals surface area contributed by atoms with E-state index >= 15 is 0 Å². The quantitative estimate of drug-likeness (QED) is 0.609. The van der Waals surface area contributed by atoms with E-state index in [1.807, 2.05) is 18.2 Å². The summed E-state index contributed by atoms with van der Waals surface area (Å²) in [4.78, 5) is 37.4. The average molecular weight is 399 g/mol. The van der Waals surface area contributed by atoms with Crippen LogP contribution in [0.15, 0.2) is 41.8 Å². The SMILES string of the molecule is Cc1nn(-c2ccccc2)nc1C(=O)OC(C)C(=O)Nc1sccc1C(N)=O. The molecule has 144 valence electrons. The lowest BCUT2D eigenvalue weighted by molar-refractivity contribution is -0.123. The smallest absolute Gasteiger partial charge is 0.361 e. The van der Waals surface area contributed by atoms with Crippen molar-refractivity contribution in [1.82, 2.24) is 15.0 Å². The minimum atomic E-state index is -1.11. The molecular formula is C18H17N5O4S. The highest BCUT2D eigenvalue weighted by atomic mass is 32.1. The molecule has 0 aliphatic rings. The zero-order valence-electron chi connectivity index (χ0n) is 15.1. The van der Waals surface area contributed by atoms with Crippen molar-refractivity contribution in [2.24, 2.45) is 5.73 Å². The molecule has 0 aliphatic heterocycles. The zero-order chi connectivity index (χ0) is 20.3. The molecular weight excluding hydrogens is 382 g/mol. The fraction of sp³-hybridized carbons (Fsp3) is 0.167. The first-order valence-corrected chi connectivity index (χ1v) is 9.13. The number of carbonyl (C=O) groups excluding carboxylic acids is 3. The van der Waals surface area contributed by atoms with Crippen LogP contribution in [0.5, 0.6) is 0 Å². The lowest BCUT2D eigenvalue weighted by Gasteiger charge is -2.12. The monoisotopic (exact) mass is 399 g/mol. The third kappa shape index (κ3) is 4.07. The Morgan fingerprint density at radius 3 is 2.57 bits per heavy atom. The lowest BCUT2D eigenvalue weighted by atomic mass is 10.3. The third-order valence-electron chi connectivity index (χ3n) is 3.78. The van der Waals surface area contributed by atoms with Gasteiger partial charge in [-0.05, 0) is 37.4 Å². The number of primary amides is 1. The van der Waals surface area contributed by atoms with Crippen LogP contribution in [0, 0.1) is 6.92 Å². The van der Waals surface area contributed by atoms with Crippen LogP contribution < -0.4 is 11.1 Å². The normalized spacial score (nSPS) is 11.6. The van der Waals surface area contributed by atoms with Crippen LogP contribution in [-0.4, -0.2) is 38.9 Å². The van der Waals surface area contributed by atoms with Crippen molar-refractivity contribution in [3.63, 3.8) is 0 Å². The average Bonchev–Trinajstić information content (AvgIpc) is 3.29. The van der Waals surface area contributed by atoms with Crippen molar-refractivity contribution in [3.8, 4) is 5.69 Å². The van der Waals surface area contributed by atoms with Gasteiger partial charge in [0.05, 0.1) is 16.9 Å². The molecule has 3 rings (SSSR count). The van der Waals surface area contributed by atoms with E-state index in [0.717, 1.165) is 11.3 Å². The number of nitrogens with two attached hydrogens (primary N) is 1. The Hall–Kier alpha value is -3.53. The summed E-state index contributed by atoms with van der Waals surface area (Å²) in [5.74, 6) is -2.02. The Kier molecular flexibility index (Phi) is 5.50. The second-order valence-corrected chi connectivity index (χ2v) is 6.74. The summed E-state index contributed by atoms with van der Waals surface area (Å²) in [6, 6.07) is 10.6. The van der Waals surface area contributed by atoms with Gasteiger partial charge in [-0.1, -0.05) is 18.2 Å². The predicted octanol–water partition coefficient (Wildman–Crippen LogP) is 1.92. The highest BCUT2D eigenvalue weighted by molar-refractivity contribution is 7.14. The first-order valence-electron chi connectivity index (χ1n) is 8.25. The highest BCUT2D eigenvalue weighted by Gasteiger charge is 2.24. The van der Waals surface area contributed by atoms with Gasteiger partial charge in [-0.15, -0.1) is 16.4 Å². The van der Waals surface area contributed by atoms with Gasteiger partial charge in [-0.25, -0.2) is 4.79 Å². The molecule has 1 unspecified atom stereocenters. The van der Waals surface area contributed by atoms with E-state index in [0.29, 0.717) is 16.4 Å². The van der Waals surface area contributed by atoms with Crippen molar-refractivity contribution in [1.29, 1.82) is 0 Å². The number of rotatable bonds is 6. The van der Waals surface area contributed by atoms with Crippen LogP contribution >= 0.6 is 11.3 Å². The third-order valence-corrected chi connectivity index (χ3v) is 4.61. The first kappa shape index (κ1) is 19.2. The van der Waals surface area contributed by atoms with Crippen molar-refractivity contribution in [3.05, 3.63) is 58.7 Å². The number of carbonyl (C=O) groups is 3. The van der Waals surface area contributed by atoms with Crippen molar-refractivity contribution in [2.75, 3.05) is 5.32 Å². The zero-order valence-corrected chi connectivity index (χ0v) is 15.9. The number of hydrogen-bond donors (Lipinski definition) is 2. The fourth-order valence-corrected chi connectivity index (χ4v) is 3.12. The highest BCUT2D eigenvalue weighted by Crippen LogP contribution is 2.23. The second-order valence-electron chi connectivity index (χ2n) is 5.82. The molecule has 0 bridgehead atoms. The topological polar surface area (TPSA) is 129 Å². The summed E-state index contributed by atoms with van der Waals surface area (Å²) in [6.45, 7) is 3.04. The van der Waals surface area contributed by atoms with Gasteiger partial charge in [0.1, 0.15) is 5.00 Å². The number of ether oxygens (including phenoxy) is 1. The summed E-state index contributed by atoms with van der Waals surface area (Å²) in [7, 11) is 0. The number of nitrogens with one attached hydrogen (secondary N) is 1. The Morgan fingerprint density at radius 2 is 1.89 bits per heavy atom. The van der Waals surface area contributed by atoms with Gasteiger partial charge < -0.3 is 15.8 Å². The lowest BCUT2D eigenvalue weighted by Crippen LogP contribution is -2.30. The minimum absolute atomic E-state index is 0.0115. The molecule has 2 aromatic heterocycles. The maximum atomic E-state index is 12.4. The Labute approximate surface area is 164 Å². The van der Waals surface area contributed by atoms with Crippen LogP contribution in [-0.2, 0) is 9.53 Å². The van der Waals surface area contributed by atoms with E-state index in [1.165, 1.54) is 17.8 Å². The number of benzene rings is 1. The van der Waals surface area contributed by atoms with E-state index < -0.39 is 23.9 Å². The molecule has 3 N–H and O–H groups in total. The molecule has 0 saturated carbocycles. The molecule has 2 heterocycles. The largest absolute Gasteiger partial charge is 0.448 e. The van der Waals surface area contributed by atoms with Crippen LogP contribution in [0.25, 0.3) is 5.69 Å². The van der Waals surface area contributed by atoms with Gasteiger partial charge in [0, 0.05) is 0 Å². The van der Waals surface area contributed by atoms with Gasteiger partial charge in [-0.2, -0.15) is 9.90 Å². The van der Waals surface area contributed by atoms with Crippen LogP contribution in [0.3, 0.4) is 0 Å². The molecule has 28 heavy (non-hydrogen) atoms. The predicted molar refractivity (Wildman–Crippen MR) is 102 cm³/mol. The van der Waals surface area contributed by atoms with E-state index in [-0.39, 0.29) is 11.3 Å². The molecule has 0 spiro atoms. The Bertz CT molecular complexity index is 1030. The van der Waals surface area contributed by atoms with Gasteiger partial charge in [-0.3, -0.25) is 9.59 Å². The second kappa shape index (κ2) is 8.01. The molecule has 0 radical (unpaired) electrons. The number of aromatic nitrogens is 3. The summed E-state index contributed by atoms with van der Waals surface area (Å²) in [6.07, 6.45) is -1.11. The van der Waals surface area contributed by atoms with E-state index in [1.54, 1.807) is 24.4 Å². The summed E-state index contributed by atoms with van der Waals surface area (Å²) >= 11 is 1.14. The van der Waals surface area contributed by atoms with Gasteiger partial charge in [0.25, 0.3) is 11.8 Å². The first-order chi connectivity index (χ1) is 13.4. The summed E-state index contributed by atoms with van der Waals surface area (Å²) in [5, 5.41) is 12.8. The number of esters is 1. The number of thiophene rings is 1. The fourth-order valence-electron chi connectivity index (χ4n) is 2.33. The molecule has 2 amide bonds. The van der Waals surface area contributed by atoms with E-state index in [2.05, 4.69) is 15.5 Å². The molecule has 1 atom stereocenters. The number of para-hydroxylation sites is 1. The molecule has 9 nitrogen and oxygen atoms in total. The maximum Gasteiger partial charge on any atom is 0.361 e. The number of anilines is 1. The Balaban J connectivity index is 1.69. The number of amides is 2. The van der Waals surface area contributed by atoms with Crippen LogP contribution in [0.4, 0.5) is 5.00 Å². The number of hydrogen-bond acceptors (Lipinski definition) is 7.